The molecule has 5 nitrogen and oxygen atoms in total. The van der Waals surface area contributed by atoms with Crippen LogP contribution in [0.4, 0.5) is 0 Å². The Morgan fingerprint density at radius 1 is 1.23 bits per heavy atom. The molecule has 5 heteroatoms. The number of fused-ring (bicyclic) bond motifs is 1. The highest BCUT2D eigenvalue weighted by Crippen LogP contribution is 2.26. The molecule has 0 saturated carbocycles. The van der Waals surface area contributed by atoms with Crippen LogP contribution in [-0.4, -0.2) is 28.6 Å². The van der Waals surface area contributed by atoms with Crippen molar-refractivity contribution in [3.05, 3.63) is 47.2 Å². The molecule has 0 radical (unpaired) electrons. The van der Waals surface area contributed by atoms with E-state index in [0.717, 1.165) is 42.2 Å². The van der Waals surface area contributed by atoms with E-state index in [9.17, 15) is 0 Å². The van der Waals surface area contributed by atoms with Crippen molar-refractivity contribution in [1.82, 2.24) is 20.3 Å². The van der Waals surface area contributed by atoms with Crippen LogP contribution in [0, 0.1) is 13.8 Å². The average molecular weight is 298 g/mol. The predicted molar refractivity (Wildman–Crippen MR) is 88.3 cm³/mol. The van der Waals surface area contributed by atoms with Crippen molar-refractivity contribution in [2.75, 3.05) is 13.7 Å². The van der Waals surface area contributed by atoms with Crippen molar-refractivity contribution < 1.29 is 4.74 Å². The fourth-order valence-electron chi connectivity index (χ4n) is 2.80. The molecule has 0 fully saturated rings. The molecule has 0 aliphatic carbocycles. The SMILES string of the molecule is COc1ccc2[nH]c(C)c(CCNCc3nc[nH]c3C)c2c1. The molecule has 2 heterocycles. The fraction of sp³-hybridized carbons (Fsp3) is 0.353. The Morgan fingerprint density at radius 2 is 2.09 bits per heavy atom. The second-order valence-corrected chi connectivity index (χ2v) is 5.54. The van der Waals surface area contributed by atoms with E-state index >= 15 is 0 Å². The molecule has 22 heavy (non-hydrogen) atoms. The van der Waals surface area contributed by atoms with Crippen LogP contribution in [0.2, 0.25) is 0 Å². The lowest BCUT2D eigenvalue weighted by atomic mass is 10.1. The normalized spacial score (nSPS) is 11.2. The number of aromatic nitrogens is 3. The molecule has 3 N–H and O–H groups in total. The van der Waals surface area contributed by atoms with Gasteiger partial charge in [0, 0.05) is 28.8 Å². The Bertz CT molecular complexity index is 772. The van der Waals surface area contributed by atoms with Crippen LogP contribution in [-0.2, 0) is 13.0 Å². The number of imidazole rings is 1. The summed E-state index contributed by atoms with van der Waals surface area (Å²) in [6.07, 6.45) is 2.71. The Morgan fingerprint density at radius 3 is 2.82 bits per heavy atom. The van der Waals surface area contributed by atoms with Gasteiger partial charge in [-0.25, -0.2) is 4.98 Å². The zero-order valence-electron chi connectivity index (χ0n) is 13.3. The van der Waals surface area contributed by atoms with Gasteiger partial charge in [-0.15, -0.1) is 0 Å². The molecular formula is C17H22N4O. The predicted octanol–water partition coefficient (Wildman–Crippen LogP) is 2.85. The standard InChI is InChI=1S/C17H22N4O/c1-11-14(6-7-18-9-17-12(2)19-10-20-17)15-8-13(22-3)4-5-16(15)21-11/h4-5,8,10,18,21H,6-7,9H2,1-3H3,(H,19,20). The monoisotopic (exact) mass is 298 g/mol. The number of methoxy groups -OCH3 is 1. The summed E-state index contributed by atoms with van der Waals surface area (Å²) in [7, 11) is 1.70. The van der Waals surface area contributed by atoms with Gasteiger partial charge in [0.05, 0.1) is 19.1 Å². The van der Waals surface area contributed by atoms with E-state index in [0.29, 0.717) is 0 Å². The number of aryl methyl sites for hydroxylation is 2. The molecule has 1 aromatic carbocycles. The number of H-pyrrole nitrogens is 2. The van der Waals surface area contributed by atoms with Crippen molar-refractivity contribution in [1.29, 1.82) is 0 Å². The molecule has 3 rings (SSSR count). The van der Waals surface area contributed by atoms with Gasteiger partial charge >= 0.3 is 0 Å². The van der Waals surface area contributed by atoms with Crippen LogP contribution in [0.5, 0.6) is 5.75 Å². The zero-order chi connectivity index (χ0) is 15.5. The van der Waals surface area contributed by atoms with Gasteiger partial charge < -0.3 is 20.0 Å². The summed E-state index contributed by atoms with van der Waals surface area (Å²) >= 11 is 0. The van der Waals surface area contributed by atoms with Crippen LogP contribution in [0.15, 0.2) is 24.5 Å². The highest BCUT2D eigenvalue weighted by atomic mass is 16.5. The molecule has 0 bridgehead atoms. The van der Waals surface area contributed by atoms with Gasteiger partial charge in [0.15, 0.2) is 0 Å². The fourth-order valence-corrected chi connectivity index (χ4v) is 2.80. The topological polar surface area (TPSA) is 65.7 Å². The minimum Gasteiger partial charge on any atom is -0.497 e. The number of nitrogens with one attached hydrogen (secondary N) is 3. The van der Waals surface area contributed by atoms with Crippen molar-refractivity contribution in [3.8, 4) is 5.75 Å². The largest absolute Gasteiger partial charge is 0.497 e. The minimum atomic E-state index is 0.792. The molecule has 0 atom stereocenters. The van der Waals surface area contributed by atoms with Crippen molar-refractivity contribution >= 4 is 10.9 Å². The van der Waals surface area contributed by atoms with Gasteiger partial charge in [-0.05, 0) is 50.6 Å². The van der Waals surface area contributed by atoms with E-state index in [1.807, 2.05) is 13.0 Å². The second-order valence-electron chi connectivity index (χ2n) is 5.54. The molecule has 116 valence electrons. The summed E-state index contributed by atoms with van der Waals surface area (Å²) in [4.78, 5) is 10.8. The van der Waals surface area contributed by atoms with Crippen LogP contribution in [0.25, 0.3) is 10.9 Å². The summed E-state index contributed by atoms with van der Waals surface area (Å²) in [6, 6.07) is 6.16. The Kier molecular flexibility index (Phi) is 4.15. The summed E-state index contributed by atoms with van der Waals surface area (Å²) in [5.41, 5.74) is 5.94. The van der Waals surface area contributed by atoms with E-state index in [1.165, 1.54) is 16.6 Å². The smallest absolute Gasteiger partial charge is 0.119 e. The summed E-state index contributed by atoms with van der Waals surface area (Å²) < 4.78 is 5.33. The molecule has 3 aromatic rings. The lowest BCUT2D eigenvalue weighted by molar-refractivity contribution is 0.415. The van der Waals surface area contributed by atoms with E-state index in [-0.39, 0.29) is 0 Å². The number of ether oxygens (including phenoxy) is 1. The maximum Gasteiger partial charge on any atom is 0.119 e. The number of rotatable bonds is 6. The molecule has 0 saturated heterocycles. The van der Waals surface area contributed by atoms with Crippen LogP contribution in [0.3, 0.4) is 0 Å². The second kappa shape index (κ2) is 6.23. The van der Waals surface area contributed by atoms with Gasteiger partial charge in [-0.1, -0.05) is 0 Å². The third-order valence-electron chi connectivity index (χ3n) is 4.11. The first-order valence-electron chi connectivity index (χ1n) is 7.54. The summed E-state index contributed by atoms with van der Waals surface area (Å²) in [5.74, 6) is 0.896. The number of benzene rings is 1. The number of nitrogens with zero attached hydrogens (tertiary/aromatic N) is 1. The summed E-state index contributed by atoms with van der Waals surface area (Å²) in [5, 5.41) is 4.70. The Labute approximate surface area is 130 Å². The minimum absolute atomic E-state index is 0.792. The van der Waals surface area contributed by atoms with Crippen LogP contribution >= 0.6 is 0 Å². The lowest BCUT2D eigenvalue weighted by Gasteiger charge is -2.05. The van der Waals surface area contributed by atoms with Crippen molar-refractivity contribution in [2.45, 2.75) is 26.8 Å². The van der Waals surface area contributed by atoms with Crippen LogP contribution in [0.1, 0.15) is 22.6 Å². The third kappa shape index (κ3) is 2.85. The zero-order valence-corrected chi connectivity index (χ0v) is 13.3. The highest BCUT2D eigenvalue weighted by Gasteiger charge is 2.09. The molecule has 2 aromatic heterocycles. The highest BCUT2D eigenvalue weighted by molar-refractivity contribution is 5.86. The number of hydrogen-bond donors (Lipinski definition) is 3. The number of aromatic amines is 2. The molecule has 0 amide bonds. The molecule has 0 unspecified atom stereocenters. The molecule has 0 aliphatic rings. The maximum absolute atomic E-state index is 5.33. The van der Waals surface area contributed by atoms with Gasteiger partial charge in [0.1, 0.15) is 5.75 Å². The first-order chi connectivity index (χ1) is 10.7. The van der Waals surface area contributed by atoms with E-state index in [1.54, 1.807) is 13.4 Å². The summed E-state index contributed by atoms with van der Waals surface area (Å²) in [6.45, 7) is 5.87. The molecule has 0 spiro atoms. The van der Waals surface area contributed by atoms with Gasteiger partial charge in [0.25, 0.3) is 0 Å². The van der Waals surface area contributed by atoms with E-state index < -0.39 is 0 Å². The Balaban J connectivity index is 1.68. The Hall–Kier alpha value is -2.27. The van der Waals surface area contributed by atoms with E-state index in [4.69, 9.17) is 4.74 Å². The quantitative estimate of drug-likeness (QED) is 0.613. The average Bonchev–Trinajstić information content (AvgIpc) is 3.06. The first kappa shape index (κ1) is 14.7. The van der Waals surface area contributed by atoms with Crippen molar-refractivity contribution in [3.63, 3.8) is 0 Å². The lowest BCUT2D eigenvalue weighted by Crippen LogP contribution is -2.17. The number of hydrogen-bond acceptors (Lipinski definition) is 3. The first-order valence-corrected chi connectivity index (χ1v) is 7.54. The third-order valence-corrected chi connectivity index (χ3v) is 4.11. The molecule has 0 aliphatic heterocycles. The van der Waals surface area contributed by atoms with Gasteiger partial charge in [-0.3, -0.25) is 0 Å². The van der Waals surface area contributed by atoms with Crippen molar-refractivity contribution in [2.24, 2.45) is 0 Å². The van der Waals surface area contributed by atoms with Gasteiger partial charge in [-0.2, -0.15) is 0 Å². The maximum atomic E-state index is 5.33. The van der Waals surface area contributed by atoms with Gasteiger partial charge in [0.2, 0.25) is 0 Å². The molecular weight excluding hydrogens is 276 g/mol. The van der Waals surface area contributed by atoms with E-state index in [2.05, 4.69) is 39.3 Å². The van der Waals surface area contributed by atoms with Crippen LogP contribution < -0.4 is 10.1 Å².